The van der Waals surface area contributed by atoms with Crippen molar-refractivity contribution in [1.29, 1.82) is 0 Å². The van der Waals surface area contributed by atoms with E-state index in [0.717, 1.165) is 0 Å². The molecular formula is C8H21FSi. The molecule has 10 heavy (non-hydrogen) atoms. The molecule has 0 unspecified atom stereocenters. The summed E-state index contributed by atoms with van der Waals surface area (Å²) in [5, 5.41) is 0. The monoisotopic (exact) mass is 164 g/mol. The fraction of sp³-hybridized carbons (Fsp3) is 1.00. The lowest BCUT2D eigenvalue weighted by Crippen LogP contribution is -1.87. The quantitative estimate of drug-likeness (QED) is 0.418. The number of rotatable bonds is 6. The Morgan fingerprint density at radius 2 is 1.30 bits per heavy atom. The van der Waals surface area contributed by atoms with Crippen molar-refractivity contribution in [2.75, 3.05) is 0 Å². The zero-order valence-electron chi connectivity index (χ0n) is 7.36. The number of halogens is 1. The second kappa shape index (κ2) is 11.9. The minimum absolute atomic E-state index is 0. The third-order valence-corrected chi connectivity index (χ3v) is 3.71. The summed E-state index contributed by atoms with van der Waals surface area (Å²) in [4.78, 5) is 0. The van der Waals surface area contributed by atoms with E-state index in [9.17, 15) is 0 Å². The summed E-state index contributed by atoms with van der Waals surface area (Å²) in [6.45, 7) is 4.57. The van der Waals surface area contributed by atoms with Crippen molar-refractivity contribution in [3.8, 4) is 0 Å². The van der Waals surface area contributed by atoms with Gasteiger partial charge in [-0.15, -0.1) is 0 Å². The van der Waals surface area contributed by atoms with E-state index in [-0.39, 0.29) is 4.70 Å². The van der Waals surface area contributed by atoms with Crippen molar-refractivity contribution in [2.45, 2.75) is 51.6 Å². The Balaban J connectivity index is 0. The van der Waals surface area contributed by atoms with Gasteiger partial charge in [0.05, 0.1) is 0 Å². The van der Waals surface area contributed by atoms with Gasteiger partial charge < -0.3 is 0 Å². The molecule has 0 aromatic heterocycles. The van der Waals surface area contributed by atoms with Crippen LogP contribution in [0.3, 0.4) is 0 Å². The molecule has 0 nitrogen and oxygen atoms in total. The molecule has 0 aliphatic heterocycles. The first-order chi connectivity index (χ1) is 4.41. The highest BCUT2D eigenvalue weighted by Crippen LogP contribution is 1.99. The lowest BCUT2D eigenvalue weighted by Gasteiger charge is -1.95. The lowest BCUT2D eigenvalue weighted by molar-refractivity contribution is 0.851. The molecular weight excluding hydrogens is 143 g/mol. The van der Waals surface area contributed by atoms with Crippen LogP contribution in [0, 0.1) is 0 Å². The summed E-state index contributed by atoms with van der Waals surface area (Å²) in [6.07, 6.45) is 5.80. The third-order valence-electron chi connectivity index (χ3n) is 1.71. The Bertz CT molecular complexity index is 42.5. The second-order valence-corrected chi connectivity index (χ2v) is 4.89. The molecule has 0 rings (SSSR count). The third kappa shape index (κ3) is 11.0. The molecule has 0 spiro atoms. The van der Waals surface area contributed by atoms with E-state index < -0.39 is 0 Å². The minimum atomic E-state index is 0. The maximum Gasteiger partial charge on any atom is 0.0197 e. The molecule has 0 aliphatic rings. The molecule has 0 bridgehead atoms. The van der Waals surface area contributed by atoms with Gasteiger partial charge in [0.1, 0.15) is 0 Å². The van der Waals surface area contributed by atoms with E-state index in [1.807, 2.05) is 0 Å². The van der Waals surface area contributed by atoms with Crippen LogP contribution in [0.2, 0.25) is 12.1 Å². The van der Waals surface area contributed by atoms with Crippen LogP contribution >= 0.6 is 0 Å². The van der Waals surface area contributed by atoms with Crippen LogP contribution in [0.4, 0.5) is 4.70 Å². The van der Waals surface area contributed by atoms with Crippen molar-refractivity contribution in [3.05, 3.63) is 0 Å². The predicted octanol–water partition coefficient (Wildman–Crippen LogP) is 2.74. The van der Waals surface area contributed by atoms with E-state index >= 15 is 0 Å². The molecule has 0 amide bonds. The highest BCUT2D eigenvalue weighted by atomic mass is 28.2. The first-order valence-electron chi connectivity index (χ1n) is 4.41. The molecule has 0 aromatic rings. The van der Waals surface area contributed by atoms with Crippen LogP contribution < -0.4 is 0 Å². The fourth-order valence-corrected chi connectivity index (χ4v) is 3.09. The van der Waals surface area contributed by atoms with Crippen molar-refractivity contribution < 1.29 is 4.70 Å². The molecule has 0 aromatic carbocycles. The Kier molecular flexibility index (Phi) is 15.2. The van der Waals surface area contributed by atoms with Crippen molar-refractivity contribution >= 4 is 9.52 Å². The number of hydrogen-bond donors (Lipinski definition) is 0. The van der Waals surface area contributed by atoms with Crippen LogP contribution in [0.1, 0.15) is 39.5 Å². The average molecular weight is 164 g/mol. The molecule has 0 saturated carbocycles. The summed E-state index contributed by atoms with van der Waals surface area (Å²) in [6, 6.07) is 3.19. The SMILES string of the molecule is CCCC[SiH2]CCCC.F. The van der Waals surface area contributed by atoms with Gasteiger partial charge in [0, 0.05) is 9.52 Å². The van der Waals surface area contributed by atoms with Gasteiger partial charge >= 0.3 is 0 Å². The van der Waals surface area contributed by atoms with E-state index in [1.165, 1.54) is 25.7 Å². The Hall–Kier alpha value is 0.147. The van der Waals surface area contributed by atoms with Crippen LogP contribution in [0.25, 0.3) is 0 Å². The smallest absolute Gasteiger partial charge is 0.0197 e. The van der Waals surface area contributed by atoms with Gasteiger partial charge in [-0.05, 0) is 0 Å². The summed E-state index contributed by atoms with van der Waals surface area (Å²) >= 11 is 0. The van der Waals surface area contributed by atoms with Crippen molar-refractivity contribution in [3.63, 3.8) is 0 Å². The average Bonchev–Trinajstić information content (AvgIpc) is 1.89. The highest BCUT2D eigenvalue weighted by Gasteiger charge is 1.86. The largest absolute Gasteiger partial charge is 0.269 e. The highest BCUT2D eigenvalue weighted by molar-refractivity contribution is 6.35. The zero-order valence-corrected chi connectivity index (χ0v) is 8.77. The minimum Gasteiger partial charge on any atom is -0.269 e. The van der Waals surface area contributed by atoms with Gasteiger partial charge in [-0.3, -0.25) is 4.70 Å². The van der Waals surface area contributed by atoms with E-state index in [2.05, 4.69) is 13.8 Å². The normalized spacial score (nSPS) is 9.00. The summed E-state index contributed by atoms with van der Waals surface area (Å²) in [5.74, 6) is 0. The topological polar surface area (TPSA) is 0 Å². The predicted molar refractivity (Wildman–Crippen MR) is 50.5 cm³/mol. The van der Waals surface area contributed by atoms with Crippen molar-refractivity contribution in [2.24, 2.45) is 0 Å². The van der Waals surface area contributed by atoms with Crippen molar-refractivity contribution in [1.82, 2.24) is 0 Å². The van der Waals surface area contributed by atoms with Gasteiger partial charge in [0.2, 0.25) is 0 Å². The molecule has 0 fully saturated rings. The second-order valence-electron chi connectivity index (χ2n) is 2.77. The maximum absolute atomic E-state index is 2.29. The van der Waals surface area contributed by atoms with Gasteiger partial charge in [-0.1, -0.05) is 51.6 Å². The molecule has 2 heteroatoms. The Morgan fingerprint density at radius 3 is 1.60 bits per heavy atom. The van der Waals surface area contributed by atoms with Gasteiger partial charge in [0.25, 0.3) is 0 Å². The van der Waals surface area contributed by atoms with Crippen LogP contribution in [-0.2, 0) is 0 Å². The fourth-order valence-electron chi connectivity index (χ4n) is 1.03. The van der Waals surface area contributed by atoms with Gasteiger partial charge in [0.15, 0.2) is 0 Å². The summed E-state index contributed by atoms with van der Waals surface area (Å²) in [7, 11) is 0.389. The summed E-state index contributed by atoms with van der Waals surface area (Å²) < 4.78 is 0. The lowest BCUT2D eigenvalue weighted by atomic mass is 10.4. The Labute approximate surface area is 66.6 Å². The molecule has 0 atom stereocenters. The zero-order chi connectivity index (χ0) is 6.95. The molecule has 0 radical (unpaired) electrons. The standard InChI is InChI=1S/C8H20Si.FH/c1-3-5-7-9-8-6-4-2;/h3-9H2,1-2H3;1H. The van der Waals surface area contributed by atoms with E-state index in [4.69, 9.17) is 0 Å². The first-order valence-corrected chi connectivity index (χ1v) is 6.41. The molecule has 0 heterocycles. The van der Waals surface area contributed by atoms with Gasteiger partial charge in [-0.25, -0.2) is 0 Å². The molecule has 0 saturated heterocycles. The molecule has 64 valence electrons. The summed E-state index contributed by atoms with van der Waals surface area (Å²) in [5.41, 5.74) is 0. The maximum atomic E-state index is 2.29. The molecule has 0 aliphatic carbocycles. The van der Waals surface area contributed by atoms with E-state index in [1.54, 1.807) is 12.1 Å². The van der Waals surface area contributed by atoms with Crippen LogP contribution in [0.5, 0.6) is 0 Å². The number of unbranched alkanes of at least 4 members (excludes halogenated alkanes) is 2. The van der Waals surface area contributed by atoms with Crippen LogP contribution in [0.15, 0.2) is 0 Å². The van der Waals surface area contributed by atoms with Gasteiger partial charge in [-0.2, -0.15) is 0 Å². The number of hydrogen-bond acceptors (Lipinski definition) is 0. The van der Waals surface area contributed by atoms with E-state index in [0.29, 0.717) is 9.52 Å². The first kappa shape index (κ1) is 12.8. The molecule has 0 N–H and O–H groups in total. The van der Waals surface area contributed by atoms with Crippen LogP contribution in [-0.4, -0.2) is 9.52 Å². The Morgan fingerprint density at radius 1 is 0.900 bits per heavy atom.